The minimum atomic E-state index is -0.478. The Hall–Kier alpha value is -3.47. The highest BCUT2D eigenvalue weighted by molar-refractivity contribution is 6.07. The first kappa shape index (κ1) is 14.1. The van der Waals surface area contributed by atoms with E-state index in [0.717, 1.165) is 10.9 Å². The number of pyridine rings is 1. The lowest BCUT2D eigenvalue weighted by atomic mass is 10.1. The van der Waals surface area contributed by atoms with Crippen LogP contribution in [0.2, 0.25) is 0 Å². The third-order valence-corrected chi connectivity index (χ3v) is 3.75. The number of rotatable bonds is 2. The van der Waals surface area contributed by atoms with Crippen LogP contribution in [0.4, 0.5) is 5.69 Å². The van der Waals surface area contributed by atoms with E-state index in [0.29, 0.717) is 16.7 Å². The van der Waals surface area contributed by atoms with E-state index in [4.69, 9.17) is 4.42 Å². The molecular weight excluding hydrogens is 304 g/mol. The Morgan fingerprint density at radius 2 is 1.79 bits per heavy atom. The zero-order valence-electron chi connectivity index (χ0n) is 12.5. The molecule has 1 amide bonds. The molecule has 0 bridgehead atoms. The van der Waals surface area contributed by atoms with Gasteiger partial charge in [-0.3, -0.25) is 14.6 Å². The SMILES string of the molecule is O=C(Nc1cccc2ncccc12)c1cc(=O)c2ccccc2o1. The maximum atomic E-state index is 12.5. The Labute approximate surface area is 136 Å². The van der Waals surface area contributed by atoms with Crippen LogP contribution in [0.15, 0.2) is 76.1 Å². The summed E-state index contributed by atoms with van der Waals surface area (Å²) >= 11 is 0. The smallest absolute Gasteiger partial charge is 0.291 e. The fourth-order valence-corrected chi connectivity index (χ4v) is 2.61. The number of anilines is 1. The fraction of sp³-hybridized carbons (Fsp3) is 0. The molecule has 116 valence electrons. The van der Waals surface area contributed by atoms with Gasteiger partial charge in [0, 0.05) is 17.6 Å². The average molecular weight is 316 g/mol. The molecule has 0 radical (unpaired) electrons. The number of hydrogen-bond donors (Lipinski definition) is 1. The number of benzene rings is 2. The molecule has 4 aromatic rings. The van der Waals surface area contributed by atoms with Crippen LogP contribution < -0.4 is 10.7 Å². The van der Waals surface area contributed by atoms with Gasteiger partial charge in [-0.1, -0.05) is 18.2 Å². The normalized spacial score (nSPS) is 10.8. The molecule has 1 N–H and O–H groups in total. The molecule has 2 heterocycles. The van der Waals surface area contributed by atoms with Crippen LogP contribution in [0.5, 0.6) is 0 Å². The van der Waals surface area contributed by atoms with Crippen molar-refractivity contribution in [2.24, 2.45) is 0 Å². The molecular formula is C19H12N2O3. The highest BCUT2D eigenvalue weighted by atomic mass is 16.3. The summed E-state index contributed by atoms with van der Waals surface area (Å²) in [5, 5.41) is 4.05. The molecule has 2 aromatic heterocycles. The van der Waals surface area contributed by atoms with E-state index in [2.05, 4.69) is 10.3 Å². The van der Waals surface area contributed by atoms with E-state index < -0.39 is 5.91 Å². The van der Waals surface area contributed by atoms with Crippen molar-refractivity contribution >= 4 is 33.5 Å². The molecule has 0 unspecified atom stereocenters. The Kier molecular flexibility index (Phi) is 3.31. The van der Waals surface area contributed by atoms with Gasteiger partial charge in [0.25, 0.3) is 5.91 Å². The van der Waals surface area contributed by atoms with Crippen molar-refractivity contribution in [1.29, 1.82) is 0 Å². The minimum absolute atomic E-state index is 0.0282. The van der Waals surface area contributed by atoms with Crippen LogP contribution in [0.3, 0.4) is 0 Å². The number of carbonyl (C=O) groups is 1. The van der Waals surface area contributed by atoms with Gasteiger partial charge in [0.2, 0.25) is 0 Å². The van der Waals surface area contributed by atoms with Gasteiger partial charge in [-0.25, -0.2) is 0 Å². The van der Waals surface area contributed by atoms with Crippen molar-refractivity contribution in [1.82, 2.24) is 4.98 Å². The van der Waals surface area contributed by atoms with E-state index in [-0.39, 0.29) is 11.2 Å². The molecule has 0 saturated carbocycles. The third-order valence-electron chi connectivity index (χ3n) is 3.75. The lowest BCUT2D eigenvalue weighted by molar-refractivity contribution is 0.0997. The molecule has 0 spiro atoms. The highest BCUT2D eigenvalue weighted by Gasteiger charge is 2.13. The van der Waals surface area contributed by atoms with Crippen LogP contribution in [0.25, 0.3) is 21.9 Å². The second-order valence-corrected chi connectivity index (χ2v) is 5.30. The Bertz CT molecular complexity index is 1130. The lowest BCUT2D eigenvalue weighted by Gasteiger charge is -2.08. The van der Waals surface area contributed by atoms with Crippen LogP contribution in [0, 0.1) is 0 Å². The van der Waals surface area contributed by atoms with Gasteiger partial charge in [-0.05, 0) is 36.4 Å². The number of nitrogens with one attached hydrogen (secondary N) is 1. The largest absolute Gasteiger partial charge is 0.451 e. The molecule has 24 heavy (non-hydrogen) atoms. The molecule has 0 aliphatic rings. The number of nitrogens with zero attached hydrogens (tertiary/aromatic N) is 1. The maximum absolute atomic E-state index is 12.5. The minimum Gasteiger partial charge on any atom is -0.451 e. The standard InChI is InChI=1S/C19H12N2O3/c22-16-11-18(24-17-9-2-1-5-13(16)17)19(23)21-15-8-3-7-14-12(15)6-4-10-20-14/h1-11H,(H,21,23). The first-order chi connectivity index (χ1) is 11.7. The van der Waals surface area contributed by atoms with Crippen molar-refractivity contribution in [3.05, 3.63) is 82.8 Å². The van der Waals surface area contributed by atoms with Crippen molar-refractivity contribution in [2.75, 3.05) is 5.32 Å². The fourth-order valence-electron chi connectivity index (χ4n) is 2.61. The van der Waals surface area contributed by atoms with E-state index in [1.165, 1.54) is 6.07 Å². The molecule has 0 saturated heterocycles. The van der Waals surface area contributed by atoms with Gasteiger partial charge in [0.05, 0.1) is 16.6 Å². The molecule has 0 fully saturated rings. The number of aromatic nitrogens is 1. The van der Waals surface area contributed by atoms with Crippen LogP contribution in [-0.4, -0.2) is 10.9 Å². The molecule has 0 atom stereocenters. The Balaban J connectivity index is 1.75. The molecule has 2 aromatic carbocycles. The van der Waals surface area contributed by atoms with Gasteiger partial charge in [-0.15, -0.1) is 0 Å². The summed E-state index contributed by atoms with van der Waals surface area (Å²) in [6.45, 7) is 0. The molecule has 5 nitrogen and oxygen atoms in total. The van der Waals surface area contributed by atoms with Crippen LogP contribution in [0.1, 0.15) is 10.6 Å². The van der Waals surface area contributed by atoms with Crippen molar-refractivity contribution in [2.45, 2.75) is 0 Å². The maximum Gasteiger partial charge on any atom is 0.291 e. The Morgan fingerprint density at radius 1 is 0.958 bits per heavy atom. The van der Waals surface area contributed by atoms with Crippen LogP contribution in [-0.2, 0) is 0 Å². The molecule has 4 rings (SSSR count). The van der Waals surface area contributed by atoms with E-state index in [1.54, 1.807) is 42.6 Å². The topological polar surface area (TPSA) is 72.2 Å². The zero-order valence-corrected chi connectivity index (χ0v) is 12.5. The van der Waals surface area contributed by atoms with Gasteiger partial charge in [-0.2, -0.15) is 0 Å². The van der Waals surface area contributed by atoms with Gasteiger partial charge in [0.1, 0.15) is 5.58 Å². The number of fused-ring (bicyclic) bond motifs is 2. The summed E-state index contributed by atoms with van der Waals surface area (Å²) in [5.74, 6) is -0.506. The second-order valence-electron chi connectivity index (χ2n) is 5.30. The van der Waals surface area contributed by atoms with E-state index in [1.807, 2.05) is 18.2 Å². The second kappa shape index (κ2) is 5.62. The van der Waals surface area contributed by atoms with Gasteiger partial charge >= 0.3 is 0 Å². The van der Waals surface area contributed by atoms with Gasteiger partial charge in [0.15, 0.2) is 11.2 Å². The van der Waals surface area contributed by atoms with Crippen molar-refractivity contribution in [3.8, 4) is 0 Å². The van der Waals surface area contributed by atoms with Crippen molar-refractivity contribution in [3.63, 3.8) is 0 Å². The molecule has 0 aliphatic carbocycles. The summed E-state index contributed by atoms with van der Waals surface area (Å²) in [6, 6.07) is 17.2. The zero-order chi connectivity index (χ0) is 16.5. The van der Waals surface area contributed by atoms with E-state index in [9.17, 15) is 9.59 Å². The molecule has 5 heteroatoms. The van der Waals surface area contributed by atoms with E-state index >= 15 is 0 Å². The predicted molar refractivity (Wildman–Crippen MR) is 92.2 cm³/mol. The summed E-state index contributed by atoms with van der Waals surface area (Å²) in [7, 11) is 0. The summed E-state index contributed by atoms with van der Waals surface area (Å²) in [5.41, 5.74) is 1.52. The first-order valence-corrected chi connectivity index (χ1v) is 7.40. The Morgan fingerprint density at radius 3 is 2.71 bits per heavy atom. The predicted octanol–water partition coefficient (Wildman–Crippen LogP) is 3.59. The number of carbonyl (C=O) groups excluding carboxylic acids is 1. The number of hydrogen-bond acceptors (Lipinski definition) is 4. The summed E-state index contributed by atoms with van der Waals surface area (Å²) in [6.07, 6.45) is 1.69. The van der Waals surface area contributed by atoms with Gasteiger partial charge < -0.3 is 9.73 Å². The number of amides is 1. The summed E-state index contributed by atoms with van der Waals surface area (Å²) < 4.78 is 5.56. The molecule has 0 aliphatic heterocycles. The van der Waals surface area contributed by atoms with Crippen LogP contribution >= 0.6 is 0 Å². The van der Waals surface area contributed by atoms with Crippen molar-refractivity contribution < 1.29 is 9.21 Å². The third kappa shape index (κ3) is 2.42. The summed E-state index contributed by atoms with van der Waals surface area (Å²) in [4.78, 5) is 28.9. The average Bonchev–Trinajstić information content (AvgIpc) is 2.62. The highest BCUT2D eigenvalue weighted by Crippen LogP contribution is 2.22. The monoisotopic (exact) mass is 316 g/mol. The quantitative estimate of drug-likeness (QED) is 0.613. The first-order valence-electron chi connectivity index (χ1n) is 7.40. The number of para-hydroxylation sites is 1. The lowest BCUT2D eigenvalue weighted by Crippen LogP contribution is -2.15.